The van der Waals surface area contributed by atoms with Crippen molar-refractivity contribution in [2.45, 2.75) is 26.2 Å². The van der Waals surface area contributed by atoms with Gasteiger partial charge in [0.05, 0.1) is 5.69 Å². The molecule has 0 spiro atoms. The first-order valence-corrected chi connectivity index (χ1v) is 5.98. The smallest absolute Gasteiger partial charge is 0.257 e. The van der Waals surface area contributed by atoms with Gasteiger partial charge in [-0.1, -0.05) is 31.9 Å². The second-order valence-corrected chi connectivity index (χ2v) is 3.88. The Morgan fingerprint density at radius 2 is 2.12 bits per heavy atom. The van der Waals surface area contributed by atoms with Gasteiger partial charge < -0.3 is 15.8 Å². The van der Waals surface area contributed by atoms with Gasteiger partial charge in [0.25, 0.3) is 5.91 Å². The van der Waals surface area contributed by atoms with Crippen molar-refractivity contribution >= 4 is 11.6 Å². The van der Waals surface area contributed by atoms with E-state index in [2.05, 4.69) is 12.2 Å². The van der Waals surface area contributed by atoms with E-state index in [-0.39, 0.29) is 12.5 Å². The standard InChI is InChI=1S/C13H20N2O2/c1-2-3-6-9-15-13(16)10-17-12-8-5-4-7-11(12)14/h4-5,7-8H,2-3,6,9-10,14H2,1H3,(H,15,16). The molecule has 0 heterocycles. The van der Waals surface area contributed by atoms with Crippen molar-refractivity contribution in [2.75, 3.05) is 18.9 Å². The summed E-state index contributed by atoms with van der Waals surface area (Å²) in [6.45, 7) is 2.85. The summed E-state index contributed by atoms with van der Waals surface area (Å²) in [6.07, 6.45) is 3.29. The average Bonchev–Trinajstić information content (AvgIpc) is 2.34. The minimum Gasteiger partial charge on any atom is -0.482 e. The topological polar surface area (TPSA) is 64.3 Å². The fraction of sp³-hybridized carbons (Fsp3) is 0.462. The fourth-order valence-electron chi connectivity index (χ4n) is 1.41. The molecule has 1 rings (SSSR count). The van der Waals surface area contributed by atoms with E-state index in [1.54, 1.807) is 12.1 Å². The summed E-state index contributed by atoms with van der Waals surface area (Å²) < 4.78 is 5.32. The first-order valence-electron chi connectivity index (χ1n) is 5.98. The Morgan fingerprint density at radius 1 is 1.35 bits per heavy atom. The van der Waals surface area contributed by atoms with Crippen LogP contribution in [-0.2, 0) is 4.79 Å². The van der Waals surface area contributed by atoms with Crippen LogP contribution in [0.5, 0.6) is 5.75 Å². The van der Waals surface area contributed by atoms with E-state index in [1.165, 1.54) is 0 Å². The summed E-state index contributed by atoms with van der Waals surface area (Å²) in [5.74, 6) is 0.445. The lowest BCUT2D eigenvalue weighted by molar-refractivity contribution is -0.123. The fourth-order valence-corrected chi connectivity index (χ4v) is 1.41. The SMILES string of the molecule is CCCCCNC(=O)COc1ccccc1N. The third kappa shape index (κ3) is 5.24. The zero-order valence-electron chi connectivity index (χ0n) is 10.2. The number of ether oxygens (including phenoxy) is 1. The van der Waals surface area contributed by atoms with Gasteiger partial charge in [-0.25, -0.2) is 0 Å². The van der Waals surface area contributed by atoms with Crippen LogP contribution in [0.2, 0.25) is 0 Å². The molecule has 0 aliphatic heterocycles. The number of carbonyl (C=O) groups is 1. The maximum Gasteiger partial charge on any atom is 0.257 e. The monoisotopic (exact) mass is 236 g/mol. The van der Waals surface area contributed by atoms with Crippen LogP contribution in [0.3, 0.4) is 0 Å². The number of carbonyl (C=O) groups excluding carboxylic acids is 1. The molecule has 0 saturated heterocycles. The van der Waals surface area contributed by atoms with E-state index in [4.69, 9.17) is 10.5 Å². The minimum atomic E-state index is -0.107. The number of hydrogen-bond donors (Lipinski definition) is 2. The Bertz CT molecular complexity index is 353. The second kappa shape index (κ2) is 7.54. The number of para-hydroxylation sites is 2. The van der Waals surface area contributed by atoms with Crippen molar-refractivity contribution in [3.8, 4) is 5.75 Å². The predicted molar refractivity (Wildman–Crippen MR) is 68.9 cm³/mol. The van der Waals surface area contributed by atoms with Crippen LogP contribution in [0.1, 0.15) is 26.2 Å². The number of unbranched alkanes of at least 4 members (excludes halogenated alkanes) is 2. The molecule has 4 heteroatoms. The summed E-state index contributed by atoms with van der Waals surface area (Å²) in [7, 11) is 0. The number of nitrogens with two attached hydrogens (primary N) is 1. The van der Waals surface area contributed by atoms with E-state index >= 15 is 0 Å². The van der Waals surface area contributed by atoms with Gasteiger partial charge in [-0.15, -0.1) is 0 Å². The van der Waals surface area contributed by atoms with Crippen molar-refractivity contribution < 1.29 is 9.53 Å². The quantitative estimate of drug-likeness (QED) is 0.562. The van der Waals surface area contributed by atoms with Crippen molar-refractivity contribution in [3.63, 3.8) is 0 Å². The molecule has 0 atom stereocenters. The Kier molecular flexibility index (Phi) is 5.93. The number of hydrogen-bond acceptors (Lipinski definition) is 3. The summed E-state index contributed by atoms with van der Waals surface area (Å²) >= 11 is 0. The van der Waals surface area contributed by atoms with E-state index in [9.17, 15) is 4.79 Å². The van der Waals surface area contributed by atoms with Gasteiger partial charge in [0.2, 0.25) is 0 Å². The molecule has 0 unspecified atom stereocenters. The van der Waals surface area contributed by atoms with E-state index < -0.39 is 0 Å². The minimum absolute atomic E-state index is 0.0142. The number of anilines is 1. The Balaban J connectivity index is 2.22. The number of benzene rings is 1. The van der Waals surface area contributed by atoms with Crippen molar-refractivity contribution in [3.05, 3.63) is 24.3 Å². The van der Waals surface area contributed by atoms with E-state index in [1.807, 2.05) is 12.1 Å². The van der Waals surface area contributed by atoms with Gasteiger partial charge in [0, 0.05) is 6.54 Å². The maximum absolute atomic E-state index is 11.4. The highest BCUT2D eigenvalue weighted by Crippen LogP contribution is 2.19. The van der Waals surface area contributed by atoms with Crippen molar-refractivity contribution in [1.29, 1.82) is 0 Å². The molecule has 4 nitrogen and oxygen atoms in total. The molecular formula is C13H20N2O2. The Hall–Kier alpha value is -1.71. The first-order chi connectivity index (χ1) is 8.24. The summed E-state index contributed by atoms with van der Waals surface area (Å²) in [6, 6.07) is 7.14. The normalized spacial score (nSPS) is 9.94. The molecule has 17 heavy (non-hydrogen) atoms. The van der Waals surface area contributed by atoms with E-state index in [0.29, 0.717) is 18.0 Å². The molecule has 1 aromatic carbocycles. The zero-order chi connectivity index (χ0) is 12.5. The number of nitrogen functional groups attached to an aromatic ring is 1. The van der Waals surface area contributed by atoms with Crippen LogP contribution in [-0.4, -0.2) is 19.1 Å². The highest BCUT2D eigenvalue weighted by molar-refractivity contribution is 5.77. The maximum atomic E-state index is 11.4. The molecule has 0 saturated carbocycles. The second-order valence-electron chi connectivity index (χ2n) is 3.88. The largest absolute Gasteiger partial charge is 0.482 e. The summed E-state index contributed by atoms with van der Waals surface area (Å²) in [5.41, 5.74) is 6.24. The lowest BCUT2D eigenvalue weighted by atomic mass is 10.2. The lowest BCUT2D eigenvalue weighted by Crippen LogP contribution is -2.29. The molecule has 3 N–H and O–H groups in total. The Labute approximate surface area is 102 Å². The van der Waals surface area contributed by atoms with Gasteiger partial charge in [-0.2, -0.15) is 0 Å². The number of rotatable bonds is 7. The molecule has 1 amide bonds. The molecule has 0 aliphatic carbocycles. The summed E-state index contributed by atoms with van der Waals surface area (Å²) in [5, 5.41) is 2.80. The molecular weight excluding hydrogens is 216 g/mol. The van der Waals surface area contributed by atoms with Crippen LogP contribution in [0, 0.1) is 0 Å². The third-order valence-electron chi connectivity index (χ3n) is 2.38. The van der Waals surface area contributed by atoms with Crippen molar-refractivity contribution in [1.82, 2.24) is 5.32 Å². The van der Waals surface area contributed by atoms with Gasteiger partial charge in [-0.3, -0.25) is 4.79 Å². The zero-order valence-corrected chi connectivity index (χ0v) is 10.2. The van der Waals surface area contributed by atoms with Crippen LogP contribution >= 0.6 is 0 Å². The van der Waals surface area contributed by atoms with Crippen LogP contribution in [0.4, 0.5) is 5.69 Å². The van der Waals surface area contributed by atoms with Crippen molar-refractivity contribution in [2.24, 2.45) is 0 Å². The van der Waals surface area contributed by atoms with Gasteiger partial charge in [-0.05, 0) is 18.6 Å². The van der Waals surface area contributed by atoms with Crippen LogP contribution < -0.4 is 15.8 Å². The van der Waals surface area contributed by atoms with Crippen LogP contribution in [0.15, 0.2) is 24.3 Å². The van der Waals surface area contributed by atoms with Gasteiger partial charge in [0.15, 0.2) is 6.61 Å². The Morgan fingerprint density at radius 3 is 2.82 bits per heavy atom. The highest BCUT2D eigenvalue weighted by Gasteiger charge is 2.03. The summed E-state index contributed by atoms with van der Waals surface area (Å²) in [4.78, 5) is 11.4. The molecule has 0 aliphatic rings. The molecule has 0 fully saturated rings. The first kappa shape index (κ1) is 13.4. The third-order valence-corrected chi connectivity index (χ3v) is 2.38. The highest BCUT2D eigenvalue weighted by atomic mass is 16.5. The van der Waals surface area contributed by atoms with Gasteiger partial charge in [0.1, 0.15) is 5.75 Å². The molecule has 0 aromatic heterocycles. The lowest BCUT2D eigenvalue weighted by Gasteiger charge is -2.08. The van der Waals surface area contributed by atoms with Gasteiger partial charge >= 0.3 is 0 Å². The molecule has 1 aromatic rings. The molecule has 0 bridgehead atoms. The number of amides is 1. The number of nitrogens with one attached hydrogen (secondary N) is 1. The average molecular weight is 236 g/mol. The predicted octanol–water partition coefficient (Wildman–Crippen LogP) is 1.95. The van der Waals surface area contributed by atoms with E-state index in [0.717, 1.165) is 19.3 Å². The molecule has 94 valence electrons. The molecule has 0 radical (unpaired) electrons. The van der Waals surface area contributed by atoms with Crippen LogP contribution in [0.25, 0.3) is 0 Å².